The first-order valence-corrected chi connectivity index (χ1v) is 9.42. The minimum atomic E-state index is 0.790. The molecule has 1 aliphatic heterocycles. The van der Waals surface area contributed by atoms with E-state index in [1.54, 1.807) is 0 Å². The number of aromatic amines is 1. The molecule has 5 nitrogen and oxygen atoms in total. The van der Waals surface area contributed by atoms with Gasteiger partial charge in [-0.25, -0.2) is 4.98 Å². The van der Waals surface area contributed by atoms with Crippen LogP contribution in [-0.2, 0) is 12.8 Å². The van der Waals surface area contributed by atoms with Crippen LogP contribution in [0.4, 0.5) is 5.69 Å². The molecular formula is C21H25N5. The summed E-state index contributed by atoms with van der Waals surface area (Å²) in [5, 5.41) is 3.44. The molecule has 0 amide bonds. The molecule has 3 aromatic rings. The van der Waals surface area contributed by atoms with Gasteiger partial charge >= 0.3 is 0 Å². The van der Waals surface area contributed by atoms with Crippen molar-refractivity contribution in [1.29, 1.82) is 0 Å². The number of H-pyrrole nitrogens is 1. The van der Waals surface area contributed by atoms with Crippen LogP contribution in [0.25, 0.3) is 11.0 Å². The van der Waals surface area contributed by atoms with Crippen molar-refractivity contribution in [2.45, 2.75) is 26.2 Å². The van der Waals surface area contributed by atoms with Crippen LogP contribution < -0.4 is 10.2 Å². The van der Waals surface area contributed by atoms with Crippen molar-refractivity contribution in [2.75, 3.05) is 24.5 Å². The molecule has 0 unspecified atom stereocenters. The lowest BCUT2D eigenvalue weighted by Gasteiger charge is -2.22. The SMILES string of the molecule is CCNC(=NCCCc1nc2ccccc2[nH]1)N1CCc2ccccc21. The smallest absolute Gasteiger partial charge is 0.198 e. The summed E-state index contributed by atoms with van der Waals surface area (Å²) in [6, 6.07) is 16.8. The zero-order valence-electron chi connectivity index (χ0n) is 15.2. The molecule has 0 aliphatic carbocycles. The minimum Gasteiger partial charge on any atom is -0.356 e. The number of nitrogens with zero attached hydrogens (tertiary/aromatic N) is 3. The van der Waals surface area contributed by atoms with Gasteiger partial charge in [0.1, 0.15) is 5.82 Å². The molecule has 0 radical (unpaired) electrons. The predicted molar refractivity (Wildman–Crippen MR) is 108 cm³/mol. The maximum atomic E-state index is 4.85. The second kappa shape index (κ2) is 7.60. The number of anilines is 1. The lowest BCUT2D eigenvalue weighted by molar-refractivity contribution is 0.784. The molecule has 0 spiro atoms. The molecule has 26 heavy (non-hydrogen) atoms. The maximum absolute atomic E-state index is 4.85. The molecule has 2 heterocycles. The summed E-state index contributed by atoms with van der Waals surface area (Å²) in [6.07, 6.45) is 2.97. The molecule has 0 fully saturated rings. The van der Waals surface area contributed by atoms with Gasteiger partial charge in [0.25, 0.3) is 0 Å². The fraction of sp³-hybridized carbons (Fsp3) is 0.333. The van der Waals surface area contributed by atoms with Gasteiger partial charge in [0.05, 0.1) is 11.0 Å². The van der Waals surface area contributed by atoms with Gasteiger partial charge in [-0.05, 0) is 43.5 Å². The summed E-state index contributed by atoms with van der Waals surface area (Å²) in [5.74, 6) is 2.03. The average molecular weight is 347 g/mol. The standard InChI is InChI=1S/C21H25N5/c1-2-22-21(26-15-13-16-8-3-6-11-19(16)26)23-14-7-12-20-24-17-9-4-5-10-18(17)25-20/h3-6,8-11H,2,7,12-15H2,1H3,(H,22,23)(H,24,25). The molecule has 4 rings (SSSR count). The molecule has 0 saturated heterocycles. The Morgan fingerprint density at radius 2 is 2.04 bits per heavy atom. The van der Waals surface area contributed by atoms with Gasteiger partial charge < -0.3 is 15.2 Å². The van der Waals surface area contributed by atoms with Crippen molar-refractivity contribution >= 4 is 22.7 Å². The highest BCUT2D eigenvalue weighted by Crippen LogP contribution is 2.27. The van der Waals surface area contributed by atoms with E-state index in [2.05, 4.69) is 57.4 Å². The van der Waals surface area contributed by atoms with Crippen LogP contribution in [0.15, 0.2) is 53.5 Å². The van der Waals surface area contributed by atoms with Crippen LogP contribution in [-0.4, -0.2) is 35.6 Å². The number of imidazole rings is 1. The Balaban J connectivity index is 1.40. The summed E-state index contributed by atoms with van der Waals surface area (Å²) >= 11 is 0. The van der Waals surface area contributed by atoms with Gasteiger partial charge in [-0.2, -0.15) is 0 Å². The Kier molecular flexibility index (Phi) is 4.86. The highest BCUT2D eigenvalue weighted by Gasteiger charge is 2.22. The Labute approximate surface area is 154 Å². The van der Waals surface area contributed by atoms with Crippen LogP contribution in [0.1, 0.15) is 24.7 Å². The number of guanidine groups is 1. The van der Waals surface area contributed by atoms with E-state index in [0.717, 1.165) is 61.7 Å². The monoisotopic (exact) mass is 347 g/mol. The number of para-hydroxylation sites is 3. The highest BCUT2D eigenvalue weighted by molar-refractivity contribution is 5.97. The van der Waals surface area contributed by atoms with E-state index in [1.807, 2.05) is 18.2 Å². The summed E-state index contributed by atoms with van der Waals surface area (Å²) < 4.78 is 0. The lowest BCUT2D eigenvalue weighted by Crippen LogP contribution is -2.40. The fourth-order valence-corrected chi connectivity index (χ4v) is 3.51. The molecule has 0 saturated carbocycles. The van der Waals surface area contributed by atoms with Crippen LogP contribution in [0.2, 0.25) is 0 Å². The largest absolute Gasteiger partial charge is 0.356 e. The summed E-state index contributed by atoms with van der Waals surface area (Å²) in [6.45, 7) is 4.78. The Bertz CT molecular complexity index is 878. The number of hydrogen-bond acceptors (Lipinski definition) is 2. The third kappa shape index (κ3) is 3.43. The number of benzene rings is 2. The summed E-state index contributed by atoms with van der Waals surface area (Å²) in [7, 11) is 0. The van der Waals surface area contributed by atoms with Crippen molar-refractivity contribution in [1.82, 2.24) is 15.3 Å². The van der Waals surface area contributed by atoms with Gasteiger partial charge in [-0.3, -0.25) is 4.99 Å². The first kappa shape index (κ1) is 16.6. The molecule has 5 heteroatoms. The minimum absolute atomic E-state index is 0.790. The predicted octanol–water partition coefficient (Wildman–Crippen LogP) is 3.52. The van der Waals surface area contributed by atoms with Crippen molar-refractivity contribution in [3.8, 4) is 0 Å². The lowest BCUT2D eigenvalue weighted by atomic mass is 10.2. The topological polar surface area (TPSA) is 56.3 Å². The summed E-state index contributed by atoms with van der Waals surface area (Å²) in [5.41, 5.74) is 4.82. The Morgan fingerprint density at radius 3 is 2.92 bits per heavy atom. The van der Waals surface area contributed by atoms with Crippen LogP contribution >= 0.6 is 0 Å². The number of aliphatic imine (C=N–C) groups is 1. The van der Waals surface area contributed by atoms with Crippen LogP contribution in [0, 0.1) is 0 Å². The van der Waals surface area contributed by atoms with Crippen LogP contribution in [0.5, 0.6) is 0 Å². The average Bonchev–Trinajstić information content (AvgIpc) is 3.28. The van der Waals surface area contributed by atoms with E-state index in [4.69, 9.17) is 4.99 Å². The van der Waals surface area contributed by atoms with Gasteiger partial charge in [0, 0.05) is 31.7 Å². The molecule has 1 aromatic heterocycles. The van der Waals surface area contributed by atoms with Crippen LogP contribution in [0.3, 0.4) is 0 Å². The van der Waals surface area contributed by atoms with E-state index in [0.29, 0.717) is 0 Å². The number of aromatic nitrogens is 2. The van der Waals surface area contributed by atoms with Gasteiger partial charge in [-0.1, -0.05) is 30.3 Å². The number of aryl methyl sites for hydroxylation is 1. The van der Waals surface area contributed by atoms with Gasteiger partial charge in [0.2, 0.25) is 0 Å². The first-order chi connectivity index (χ1) is 12.8. The van der Waals surface area contributed by atoms with E-state index in [-0.39, 0.29) is 0 Å². The third-order valence-corrected chi connectivity index (χ3v) is 4.75. The van der Waals surface area contributed by atoms with E-state index < -0.39 is 0 Å². The van der Waals surface area contributed by atoms with Crippen molar-refractivity contribution in [2.24, 2.45) is 4.99 Å². The number of rotatable bonds is 5. The molecule has 0 bridgehead atoms. The first-order valence-electron chi connectivity index (χ1n) is 9.42. The maximum Gasteiger partial charge on any atom is 0.198 e. The quantitative estimate of drug-likeness (QED) is 0.422. The Hall–Kier alpha value is -2.82. The number of hydrogen-bond donors (Lipinski definition) is 2. The van der Waals surface area contributed by atoms with Crippen molar-refractivity contribution in [3.05, 3.63) is 59.9 Å². The third-order valence-electron chi connectivity index (χ3n) is 4.75. The molecule has 0 atom stereocenters. The highest BCUT2D eigenvalue weighted by atomic mass is 15.3. The second-order valence-corrected chi connectivity index (χ2v) is 6.57. The zero-order chi connectivity index (χ0) is 17.8. The van der Waals surface area contributed by atoms with Gasteiger partial charge in [-0.15, -0.1) is 0 Å². The number of nitrogens with one attached hydrogen (secondary N) is 2. The molecule has 2 N–H and O–H groups in total. The van der Waals surface area contributed by atoms with E-state index in [1.165, 1.54) is 11.3 Å². The van der Waals surface area contributed by atoms with Gasteiger partial charge in [0.15, 0.2) is 5.96 Å². The van der Waals surface area contributed by atoms with Crippen molar-refractivity contribution < 1.29 is 0 Å². The normalized spacial score (nSPS) is 14.0. The molecule has 1 aliphatic rings. The second-order valence-electron chi connectivity index (χ2n) is 6.57. The fourth-order valence-electron chi connectivity index (χ4n) is 3.51. The molecule has 134 valence electrons. The molecular weight excluding hydrogens is 322 g/mol. The Morgan fingerprint density at radius 1 is 1.19 bits per heavy atom. The summed E-state index contributed by atoms with van der Waals surface area (Å²) in [4.78, 5) is 15.2. The molecule has 2 aromatic carbocycles. The van der Waals surface area contributed by atoms with Crippen molar-refractivity contribution in [3.63, 3.8) is 0 Å². The number of fused-ring (bicyclic) bond motifs is 2. The zero-order valence-corrected chi connectivity index (χ0v) is 15.2. The van der Waals surface area contributed by atoms with E-state index in [9.17, 15) is 0 Å². The van der Waals surface area contributed by atoms with E-state index >= 15 is 0 Å².